The van der Waals surface area contributed by atoms with Crippen molar-refractivity contribution in [3.05, 3.63) is 13.8 Å². The molecule has 1 unspecified atom stereocenters. The SMILES string of the molecule is CC.CC1COC1.[CH2]CCCC([CH2])C(C)C. The standard InChI is InChI=1S/C9H18.C4H8O.C2H6/c1-5-6-7-9(4)8(2)3;1-4-2-5-3-4;1-2/h8-9H,1,4-7H2,2-3H3;4H,2-3H2,1H3;1-2H3. The van der Waals surface area contributed by atoms with E-state index in [9.17, 15) is 0 Å². The molecule has 0 spiro atoms. The molecule has 0 bridgehead atoms. The summed E-state index contributed by atoms with van der Waals surface area (Å²) >= 11 is 0. The molecule has 2 radical (unpaired) electrons. The van der Waals surface area contributed by atoms with E-state index in [2.05, 4.69) is 34.6 Å². The minimum atomic E-state index is 0.631. The minimum absolute atomic E-state index is 0.631. The van der Waals surface area contributed by atoms with Crippen LogP contribution in [0.25, 0.3) is 0 Å². The molecule has 1 aliphatic heterocycles. The van der Waals surface area contributed by atoms with E-state index in [4.69, 9.17) is 4.74 Å². The minimum Gasteiger partial charge on any atom is -0.381 e. The highest BCUT2D eigenvalue weighted by Crippen LogP contribution is 2.15. The molecule has 1 atom stereocenters. The van der Waals surface area contributed by atoms with Gasteiger partial charge in [-0.3, -0.25) is 0 Å². The average molecular weight is 228 g/mol. The van der Waals surface area contributed by atoms with E-state index in [-0.39, 0.29) is 0 Å². The Morgan fingerprint density at radius 1 is 1.25 bits per heavy atom. The van der Waals surface area contributed by atoms with Crippen LogP contribution in [0.1, 0.15) is 53.9 Å². The van der Waals surface area contributed by atoms with Crippen molar-refractivity contribution in [2.45, 2.75) is 53.9 Å². The number of hydrogen-bond acceptors (Lipinski definition) is 1. The first kappa shape index (κ1) is 18.3. The number of hydrogen-bond donors (Lipinski definition) is 0. The second kappa shape index (κ2) is 13.0. The maximum atomic E-state index is 4.83. The van der Waals surface area contributed by atoms with Crippen molar-refractivity contribution in [1.29, 1.82) is 0 Å². The zero-order valence-corrected chi connectivity index (χ0v) is 12.1. The molecular weight excluding hydrogens is 196 g/mol. The summed E-state index contributed by atoms with van der Waals surface area (Å²) in [5.41, 5.74) is 0. The fraction of sp³-hybridized carbons (Fsp3) is 0.867. The van der Waals surface area contributed by atoms with Crippen LogP contribution in [0.15, 0.2) is 0 Å². The molecule has 0 aliphatic carbocycles. The van der Waals surface area contributed by atoms with E-state index < -0.39 is 0 Å². The van der Waals surface area contributed by atoms with Crippen molar-refractivity contribution >= 4 is 0 Å². The van der Waals surface area contributed by atoms with Crippen molar-refractivity contribution < 1.29 is 4.74 Å². The van der Waals surface area contributed by atoms with Crippen molar-refractivity contribution in [3.63, 3.8) is 0 Å². The Balaban J connectivity index is 0. The van der Waals surface area contributed by atoms with Crippen molar-refractivity contribution in [1.82, 2.24) is 0 Å². The van der Waals surface area contributed by atoms with Gasteiger partial charge in [-0.1, -0.05) is 60.8 Å². The van der Waals surface area contributed by atoms with Gasteiger partial charge in [0.15, 0.2) is 0 Å². The molecule has 1 fully saturated rings. The summed E-state index contributed by atoms with van der Waals surface area (Å²) in [5, 5.41) is 0. The lowest BCUT2D eigenvalue weighted by molar-refractivity contribution is -0.0221. The fourth-order valence-corrected chi connectivity index (χ4v) is 1.09. The highest BCUT2D eigenvalue weighted by Gasteiger charge is 2.09. The van der Waals surface area contributed by atoms with Gasteiger partial charge in [-0.25, -0.2) is 0 Å². The van der Waals surface area contributed by atoms with Crippen LogP contribution in [0, 0.1) is 31.6 Å². The lowest BCUT2D eigenvalue weighted by Gasteiger charge is -2.20. The molecule has 1 nitrogen and oxygen atoms in total. The Kier molecular flexibility index (Phi) is 14.9. The molecule has 1 rings (SSSR count). The van der Waals surface area contributed by atoms with E-state index in [1.54, 1.807) is 0 Å². The maximum Gasteiger partial charge on any atom is 0.0513 e. The topological polar surface area (TPSA) is 9.23 Å². The largest absolute Gasteiger partial charge is 0.381 e. The highest BCUT2D eigenvalue weighted by molar-refractivity contribution is 4.64. The van der Waals surface area contributed by atoms with Crippen LogP contribution in [0.3, 0.4) is 0 Å². The second-order valence-electron chi connectivity index (χ2n) is 4.64. The molecule has 1 aliphatic rings. The summed E-state index contributed by atoms with van der Waals surface area (Å²) < 4.78 is 4.83. The molecule has 0 amide bonds. The molecule has 1 heterocycles. The highest BCUT2D eigenvalue weighted by atomic mass is 16.5. The van der Waals surface area contributed by atoms with Gasteiger partial charge in [0.25, 0.3) is 0 Å². The van der Waals surface area contributed by atoms with Gasteiger partial charge in [0, 0.05) is 5.92 Å². The lowest BCUT2D eigenvalue weighted by atomic mass is 9.93. The third-order valence-electron chi connectivity index (χ3n) is 2.57. The van der Waals surface area contributed by atoms with E-state index >= 15 is 0 Å². The number of ether oxygens (including phenoxy) is 1. The number of unbranched alkanes of at least 4 members (excludes halogenated alkanes) is 1. The average Bonchev–Trinajstić information content (AvgIpc) is 2.26. The van der Waals surface area contributed by atoms with E-state index in [0.717, 1.165) is 31.5 Å². The van der Waals surface area contributed by atoms with Gasteiger partial charge in [-0.15, -0.1) is 0 Å². The molecule has 0 saturated carbocycles. The zero-order valence-electron chi connectivity index (χ0n) is 12.1. The molecule has 16 heavy (non-hydrogen) atoms. The van der Waals surface area contributed by atoms with Crippen LogP contribution >= 0.6 is 0 Å². The first-order valence-corrected chi connectivity index (χ1v) is 6.78. The monoisotopic (exact) mass is 228 g/mol. The Bertz CT molecular complexity index is 117. The lowest BCUT2D eigenvalue weighted by Crippen LogP contribution is -2.23. The smallest absolute Gasteiger partial charge is 0.0513 e. The first-order valence-electron chi connectivity index (χ1n) is 6.78. The van der Waals surface area contributed by atoms with Gasteiger partial charge in [0.05, 0.1) is 13.2 Å². The van der Waals surface area contributed by atoms with Gasteiger partial charge >= 0.3 is 0 Å². The Morgan fingerprint density at radius 3 is 1.88 bits per heavy atom. The molecule has 0 N–H and O–H groups in total. The van der Waals surface area contributed by atoms with Crippen LogP contribution in [-0.4, -0.2) is 13.2 Å². The predicted molar refractivity (Wildman–Crippen MR) is 74.2 cm³/mol. The van der Waals surface area contributed by atoms with Crippen LogP contribution < -0.4 is 0 Å². The van der Waals surface area contributed by atoms with Gasteiger partial charge in [-0.2, -0.15) is 0 Å². The van der Waals surface area contributed by atoms with Crippen LogP contribution in [0.2, 0.25) is 0 Å². The number of rotatable bonds is 4. The summed E-state index contributed by atoms with van der Waals surface area (Å²) in [7, 11) is 0. The van der Waals surface area contributed by atoms with Crippen LogP contribution in [0.5, 0.6) is 0 Å². The Hall–Kier alpha value is -0.0400. The van der Waals surface area contributed by atoms with Crippen molar-refractivity contribution in [2.24, 2.45) is 17.8 Å². The normalized spacial score (nSPS) is 16.5. The molecule has 0 aromatic rings. The van der Waals surface area contributed by atoms with Crippen molar-refractivity contribution in [3.8, 4) is 0 Å². The molecule has 1 heteroatoms. The van der Waals surface area contributed by atoms with E-state index in [1.807, 2.05) is 13.8 Å². The van der Waals surface area contributed by atoms with Gasteiger partial charge < -0.3 is 4.74 Å². The maximum absolute atomic E-state index is 4.83. The summed E-state index contributed by atoms with van der Waals surface area (Å²) in [5.74, 6) is 2.21. The van der Waals surface area contributed by atoms with Crippen molar-refractivity contribution in [2.75, 3.05) is 13.2 Å². The summed E-state index contributed by atoms with van der Waals surface area (Å²) in [6.45, 7) is 20.4. The predicted octanol–water partition coefficient (Wildman–Crippen LogP) is 4.78. The summed E-state index contributed by atoms with van der Waals surface area (Å²) in [6, 6.07) is 0. The third kappa shape index (κ3) is 12.0. The van der Waals surface area contributed by atoms with Crippen LogP contribution in [0.4, 0.5) is 0 Å². The molecule has 0 aromatic carbocycles. The molecule has 0 aromatic heterocycles. The summed E-state index contributed by atoms with van der Waals surface area (Å²) in [4.78, 5) is 0. The Morgan fingerprint density at radius 2 is 1.69 bits per heavy atom. The zero-order chi connectivity index (χ0) is 13.0. The molecular formula is C15H32O. The van der Waals surface area contributed by atoms with Gasteiger partial charge in [0.1, 0.15) is 0 Å². The molecule has 1 saturated heterocycles. The van der Waals surface area contributed by atoms with Crippen LogP contribution in [-0.2, 0) is 4.74 Å². The summed E-state index contributed by atoms with van der Waals surface area (Å²) in [6.07, 6.45) is 3.52. The Labute approximate surface area is 104 Å². The van der Waals surface area contributed by atoms with E-state index in [0.29, 0.717) is 5.92 Å². The second-order valence-corrected chi connectivity index (χ2v) is 4.64. The fourth-order valence-electron chi connectivity index (χ4n) is 1.09. The third-order valence-corrected chi connectivity index (χ3v) is 2.57. The van der Waals surface area contributed by atoms with E-state index in [1.165, 1.54) is 12.8 Å². The first-order chi connectivity index (χ1) is 7.57. The van der Waals surface area contributed by atoms with Gasteiger partial charge in [-0.05, 0) is 18.8 Å². The molecule has 98 valence electrons. The quantitative estimate of drug-likeness (QED) is 0.673. The van der Waals surface area contributed by atoms with Gasteiger partial charge in [0.2, 0.25) is 0 Å².